The molecule has 1 amide bonds. The van der Waals surface area contributed by atoms with E-state index in [1.807, 2.05) is 25.1 Å². The second kappa shape index (κ2) is 9.91. The number of rotatable bonds is 6. The highest BCUT2D eigenvalue weighted by Crippen LogP contribution is 2.29. The Morgan fingerprint density at radius 3 is 2.81 bits per heavy atom. The summed E-state index contributed by atoms with van der Waals surface area (Å²) in [5, 5.41) is 13.6. The Balaban J connectivity index is 1.35. The fourth-order valence-electron chi connectivity index (χ4n) is 5.30. The standard InChI is InChI=1S/C26H29N7O4/c1-17-6-7-21-18(14-17)15-20(25(34)27-21)23(24-28-29-30-33(24)16-19-4-2-12-36-19)31-8-10-32(11-9-31)26(35)22-5-3-13-37-22/h3,5-7,13-15,19,23H,2,4,8-12,16H2,1H3,(H,27,34)/t19-,23-/m0/s1. The first-order chi connectivity index (χ1) is 18.1. The summed E-state index contributed by atoms with van der Waals surface area (Å²) >= 11 is 0. The topological polar surface area (TPSA) is 122 Å². The summed E-state index contributed by atoms with van der Waals surface area (Å²) in [5.74, 6) is 0.786. The van der Waals surface area contributed by atoms with Crippen molar-refractivity contribution in [2.24, 2.45) is 0 Å². The van der Waals surface area contributed by atoms with Crippen molar-refractivity contribution in [2.75, 3.05) is 32.8 Å². The predicted octanol–water partition coefficient (Wildman–Crippen LogP) is 2.14. The van der Waals surface area contributed by atoms with E-state index in [4.69, 9.17) is 9.15 Å². The number of aromatic amines is 1. The number of nitrogens with one attached hydrogen (secondary N) is 1. The Labute approximate surface area is 213 Å². The van der Waals surface area contributed by atoms with Gasteiger partial charge >= 0.3 is 0 Å². The fraction of sp³-hybridized carbons (Fsp3) is 0.423. The van der Waals surface area contributed by atoms with E-state index in [9.17, 15) is 9.59 Å². The molecule has 3 aromatic heterocycles. The SMILES string of the molecule is Cc1ccc2[nH]c(=O)c([C@@H](c3nnnn3C[C@@H]3CCCO3)N3CCN(C(=O)c4ccco4)CC3)cc2c1. The Kier molecular flexibility index (Phi) is 6.31. The van der Waals surface area contributed by atoms with Crippen molar-refractivity contribution in [2.45, 2.75) is 38.5 Å². The van der Waals surface area contributed by atoms with E-state index in [0.29, 0.717) is 49.9 Å². The van der Waals surface area contributed by atoms with Gasteiger partial charge in [-0.1, -0.05) is 11.6 Å². The van der Waals surface area contributed by atoms with Crippen molar-refractivity contribution in [3.8, 4) is 0 Å². The van der Waals surface area contributed by atoms with Gasteiger partial charge in [-0.05, 0) is 65.9 Å². The zero-order chi connectivity index (χ0) is 25.4. The predicted molar refractivity (Wildman–Crippen MR) is 134 cm³/mol. The molecule has 6 rings (SSSR count). The summed E-state index contributed by atoms with van der Waals surface area (Å²) in [7, 11) is 0. The summed E-state index contributed by atoms with van der Waals surface area (Å²) in [6.45, 7) is 5.38. The van der Waals surface area contributed by atoms with Gasteiger partial charge in [0.05, 0.1) is 18.9 Å². The Hall–Kier alpha value is -3.83. The molecule has 0 saturated carbocycles. The third kappa shape index (κ3) is 4.67. The average molecular weight is 504 g/mol. The maximum atomic E-state index is 13.4. The summed E-state index contributed by atoms with van der Waals surface area (Å²) in [6.07, 6.45) is 3.51. The fourth-order valence-corrected chi connectivity index (χ4v) is 5.30. The molecule has 2 aliphatic heterocycles. The lowest BCUT2D eigenvalue weighted by Gasteiger charge is -2.38. The molecule has 0 spiro atoms. The van der Waals surface area contributed by atoms with Gasteiger partial charge in [0.15, 0.2) is 11.6 Å². The van der Waals surface area contributed by atoms with Crippen molar-refractivity contribution in [1.29, 1.82) is 0 Å². The number of aryl methyl sites for hydroxylation is 1. The van der Waals surface area contributed by atoms with Gasteiger partial charge in [-0.25, -0.2) is 4.68 Å². The number of carbonyl (C=O) groups excluding carboxylic acids is 1. The van der Waals surface area contributed by atoms with Crippen LogP contribution in [0.2, 0.25) is 0 Å². The van der Waals surface area contributed by atoms with Crippen molar-refractivity contribution >= 4 is 16.8 Å². The van der Waals surface area contributed by atoms with Gasteiger partial charge in [0.1, 0.15) is 6.04 Å². The second-order valence-electron chi connectivity index (χ2n) is 9.71. The van der Waals surface area contributed by atoms with Gasteiger partial charge in [0.25, 0.3) is 11.5 Å². The highest BCUT2D eigenvalue weighted by atomic mass is 16.5. The Morgan fingerprint density at radius 2 is 2.05 bits per heavy atom. The van der Waals surface area contributed by atoms with Crippen molar-refractivity contribution in [3.05, 3.63) is 75.7 Å². The molecule has 0 unspecified atom stereocenters. The molecule has 2 saturated heterocycles. The van der Waals surface area contributed by atoms with E-state index >= 15 is 0 Å². The van der Waals surface area contributed by atoms with Crippen LogP contribution in [-0.4, -0.2) is 79.8 Å². The number of hydrogen-bond acceptors (Lipinski definition) is 8. The highest BCUT2D eigenvalue weighted by Gasteiger charge is 2.34. The summed E-state index contributed by atoms with van der Waals surface area (Å²) in [5.41, 5.74) is 2.29. The summed E-state index contributed by atoms with van der Waals surface area (Å²) < 4.78 is 12.9. The molecule has 11 heteroatoms. The summed E-state index contributed by atoms with van der Waals surface area (Å²) in [6, 6.07) is 10.8. The molecule has 1 N–H and O–H groups in total. The normalized spacial score (nSPS) is 19.5. The van der Waals surface area contributed by atoms with Crippen LogP contribution in [0, 0.1) is 6.92 Å². The van der Waals surface area contributed by atoms with Crippen LogP contribution in [0.15, 0.2) is 51.9 Å². The summed E-state index contributed by atoms with van der Waals surface area (Å²) in [4.78, 5) is 33.2. The molecule has 4 aromatic rings. The number of nitrogens with zero attached hydrogens (tertiary/aromatic N) is 6. The molecule has 2 fully saturated rings. The lowest BCUT2D eigenvalue weighted by atomic mass is 10.0. The number of furan rings is 1. The third-order valence-electron chi connectivity index (χ3n) is 7.23. The number of ether oxygens (including phenoxy) is 1. The average Bonchev–Trinajstić information content (AvgIpc) is 3.69. The van der Waals surface area contributed by atoms with E-state index in [1.165, 1.54) is 6.26 Å². The Bertz CT molecular complexity index is 1450. The lowest BCUT2D eigenvalue weighted by molar-refractivity contribution is 0.0550. The number of hydrogen-bond donors (Lipinski definition) is 1. The number of fused-ring (bicyclic) bond motifs is 1. The van der Waals surface area contributed by atoms with Crippen LogP contribution in [0.5, 0.6) is 0 Å². The van der Waals surface area contributed by atoms with E-state index in [2.05, 4.69) is 31.5 Å². The number of tetrazole rings is 1. The van der Waals surface area contributed by atoms with Gasteiger partial charge in [0, 0.05) is 43.9 Å². The molecule has 0 aliphatic carbocycles. The van der Waals surface area contributed by atoms with Crippen LogP contribution >= 0.6 is 0 Å². The first-order valence-corrected chi connectivity index (χ1v) is 12.6. The van der Waals surface area contributed by atoms with E-state index in [-0.39, 0.29) is 17.6 Å². The number of aromatic nitrogens is 5. The molecule has 192 valence electrons. The molecule has 11 nitrogen and oxygen atoms in total. The van der Waals surface area contributed by atoms with Crippen LogP contribution in [-0.2, 0) is 11.3 Å². The van der Waals surface area contributed by atoms with Crippen LogP contribution < -0.4 is 5.56 Å². The third-order valence-corrected chi connectivity index (χ3v) is 7.23. The number of carbonyl (C=O) groups is 1. The van der Waals surface area contributed by atoms with Crippen LogP contribution in [0.4, 0.5) is 0 Å². The monoisotopic (exact) mass is 503 g/mol. The number of pyridine rings is 1. The van der Waals surface area contributed by atoms with Crippen molar-refractivity contribution < 1.29 is 13.9 Å². The second-order valence-corrected chi connectivity index (χ2v) is 9.71. The smallest absolute Gasteiger partial charge is 0.289 e. The van der Waals surface area contributed by atoms with E-state index < -0.39 is 6.04 Å². The van der Waals surface area contributed by atoms with E-state index in [1.54, 1.807) is 21.7 Å². The molecule has 37 heavy (non-hydrogen) atoms. The quantitative estimate of drug-likeness (QED) is 0.425. The van der Waals surface area contributed by atoms with Gasteiger partial charge in [-0.15, -0.1) is 5.10 Å². The molecule has 5 heterocycles. The maximum absolute atomic E-state index is 13.4. The molecule has 1 aromatic carbocycles. The van der Waals surface area contributed by atoms with Crippen LogP contribution in [0.1, 0.15) is 46.4 Å². The number of amides is 1. The molecule has 2 atom stereocenters. The van der Waals surface area contributed by atoms with E-state index in [0.717, 1.165) is 35.9 Å². The Morgan fingerprint density at radius 1 is 1.19 bits per heavy atom. The first-order valence-electron chi connectivity index (χ1n) is 12.6. The minimum Gasteiger partial charge on any atom is -0.459 e. The lowest BCUT2D eigenvalue weighted by Crippen LogP contribution is -2.50. The molecule has 0 radical (unpaired) electrons. The molecular weight excluding hydrogens is 474 g/mol. The minimum atomic E-state index is -0.481. The number of benzene rings is 1. The number of piperazine rings is 1. The first kappa shape index (κ1) is 23.6. The highest BCUT2D eigenvalue weighted by molar-refractivity contribution is 5.91. The van der Waals surface area contributed by atoms with Gasteiger partial charge in [-0.2, -0.15) is 0 Å². The van der Waals surface area contributed by atoms with Crippen molar-refractivity contribution in [3.63, 3.8) is 0 Å². The zero-order valence-corrected chi connectivity index (χ0v) is 20.7. The zero-order valence-electron chi connectivity index (χ0n) is 20.7. The van der Waals surface area contributed by atoms with Crippen molar-refractivity contribution in [1.82, 2.24) is 35.0 Å². The van der Waals surface area contributed by atoms with Crippen LogP contribution in [0.3, 0.4) is 0 Å². The maximum Gasteiger partial charge on any atom is 0.289 e. The largest absolute Gasteiger partial charge is 0.459 e. The van der Waals surface area contributed by atoms with Gasteiger partial charge < -0.3 is 19.0 Å². The molecular formula is C26H29N7O4. The number of H-pyrrole nitrogens is 1. The van der Waals surface area contributed by atoms with Gasteiger partial charge in [-0.3, -0.25) is 14.5 Å². The minimum absolute atomic E-state index is 0.0446. The van der Waals surface area contributed by atoms with Gasteiger partial charge in [0.2, 0.25) is 0 Å². The molecule has 0 bridgehead atoms. The van der Waals surface area contributed by atoms with Crippen LogP contribution in [0.25, 0.3) is 10.9 Å². The molecule has 2 aliphatic rings.